The van der Waals surface area contributed by atoms with E-state index < -0.39 is 12.2 Å². The van der Waals surface area contributed by atoms with Gasteiger partial charge in [-0.1, -0.05) is 46.4 Å². The fourth-order valence-electron chi connectivity index (χ4n) is 1.26. The van der Waals surface area contributed by atoms with Gasteiger partial charge >= 0.3 is 5.97 Å². The Morgan fingerprint density at radius 2 is 1.76 bits per heavy atom. The second-order valence-corrected chi connectivity index (χ2v) is 12.1. The zero-order valence-electron chi connectivity index (χ0n) is 13.7. The van der Waals surface area contributed by atoms with Gasteiger partial charge in [-0.3, -0.25) is 4.79 Å². The van der Waals surface area contributed by atoms with Crippen LogP contribution in [-0.4, -0.2) is 41.9 Å². The van der Waals surface area contributed by atoms with Crippen LogP contribution in [0, 0.1) is 17.8 Å². The van der Waals surface area contributed by atoms with Crippen LogP contribution in [0.1, 0.15) is 34.6 Å². The van der Waals surface area contributed by atoms with Crippen LogP contribution in [0.4, 0.5) is 0 Å². The van der Waals surface area contributed by atoms with Crippen molar-refractivity contribution in [1.82, 2.24) is 0 Å². The van der Waals surface area contributed by atoms with Gasteiger partial charge in [-0.2, -0.15) is 11.8 Å². The lowest BCUT2D eigenvalue weighted by Crippen LogP contribution is -2.13. The predicted molar refractivity (Wildman–Crippen MR) is 94.9 cm³/mol. The first-order chi connectivity index (χ1) is 9.66. The molecule has 0 rings (SSSR count). The molecule has 0 aromatic heterocycles. The standard InChI is InChI=1S/C14H29O4PS2/c1-11(2)6-17-9-19(20,18-7-12(3)4)10-21-8-13(5)14(15)16/h11-13H,6-10H2,1-5H3,(H,15,16). The minimum Gasteiger partial charge on any atom is -0.481 e. The molecule has 0 aromatic rings. The molecule has 21 heavy (non-hydrogen) atoms. The molecule has 0 aliphatic heterocycles. The van der Waals surface area contributed by atoms with E-state index in [1.54, 1.807) is 18.7 Å². The molecule has 0 aliphatic carbocycles. The Bertz CT molecular complexity index is 348. The molecule has 0 saturated heterocycles. The van der Waals surface area contributed by atoms with Crippen molar-refractivity contribution in [2.45, 2.75) is 34.6 Å². The van der Waals surface area contributed by atoms with Gasteiger partial charge in [-0.15, -0.1) is 0 Å². The van der Waals surface area contributed by atoms with E-state index in [4.69, 9.17) is 26.2 Å². The average Bonchev–Trinajstić information content (AvgIpc) is 2.35. The summed E-state index contributed by atoms with van der Waals surface area (Å²) in [5, 5.41) is 8.90. The summed E-state index contributed by atoms with van der Waals surface area (Å²) in [5.74, 6) is 0.330. The maximum absolute atomic E-state index is 10.8. The molecule has 126 valence electrons. The summed E-state index contributed by atoms with van der Waals surface area (Å²) in [4.78, 5) is 10.8. The third-order valence-electron chi connectivity index (χ3n) is 2.46. The summed E-state index contributed by atoms with van der Waals surface area (Å²) in [5.41, 5.74) is 0.671. The monoisotopic (exact) mass is 356 g/mol. The van der Waals surface area contributed by atoms with Crippen LogP contribution >= 0.6 is 18.0 Å². The molecule has 2 unspecified atom stereocenters. The first kappa shape index (κ1) is 21.4. The summed E-state index contributed by atoms with van der Waals surface area (Å²) >= 11 is 7.25. The number of ether oxygens (including phenoxy) is 1. The smallest absolute Gasteiger partial charge is 0.307 e. The number of rotatable bonds is 12. The SMILES string of the molecule is CC(C)COCP(=S)(CSCC(C)C(=O)O)OCC(C)C. The molecule has 2 atom stereocenters. The first-order valence-corrected chi connectivity index (χ1v) is 11.5. The fraction of sp³-hybridized carbons (Fsp3) is 0.929. The van der Waals surface area contributed by atoms with Crippen molar-refractivity contribution in [1.29, 1.82) is 0 Å². The number of carboxylic acids is 1. The van der Waals surface area contributed by atoms with E-state index in [1.165, 1.54) is 0 Å². The van der Waals surface area contributed by atoms with Gasteiger partial charge in [0.1, 0.15) is 6.26 Å². The topological polar surface area (TPSA) is 55.8 Å². The summed E-state index contributed by atoms with van der Waals surface area (Å²) in [7, 11) is 0. The number of carboxylic acid groups (broad SMARTS) is 1. The number of carbonyl (C=O) groups is 1. The number of thioether (sulfide) groups is 1. The Morgan fingerprint density at radius 1 is 1.19 bits per heavy atom. The van der Waals surface area contributed by atoms with Crippen molar-refractivity contribution in [3.63, 3.8) is 0 Å². The van der Waals surface area contributed by atoms with Crippen molar-refractivity contribution in [2.75, 3.05) is 30.8 Å². The van der Waals surface area contributed by atoms with E-state index in [1.807, 2.05) is 0 Å². The maximum atomic E-state index is 10.8. The summed E-state index contributed by atoms with van der Waals surface area (Å²) in [6.45, 7) is 11.4. The predicted octanol–water partition coefficient (Wildman–Crippen LogP) is 4.10. The van der Waals surface area contributed by atoms with Crippen molar-refractivity contribution >= 4 is 35.8 Å². The van der Waals surface area contributed by atoms with Crippen LogP contribution in [0.2, 0.25) is 0 Å². The molecular weight excluding hydrogens is 327 g/mol. The van der Waals surface area contributed by atoms with E-state index >= 15 is 0 Å². The lowest BCUT2D eigenvalue weighted by Gasteiger charge is -2.24. The lowest BCUT2D eigenvalue weighted by atomic mass is 10.2. The molecular formula is C14H29O4PS2. The summed E-state index contributed by atoms with van der Waals surface area (Å²) < 4.78 is 11.6. The Kier molecular flexibility index (Phi) is 11.2. The third kappa shape index (κ3) is 11.6. The van der Waals surface area contributed by atoms with E-state index in [2.05, 4.69) is 27.7 Å². The van der Waals surface area contributed by atoms with Gasteiger partial charge in [0.2, 0.25) is 0 Å². The highest BCUT2D eigenvalue weighted by Gasteiger charge is 2.21. The minimum absolute atomic E-state index is 0.361. The fourth-order valence-corrected chi connectivity index (χ4v) is 6.00. The molecule has 7 heteroatoms. The molecule has 0 spiro atoms. The van der Waals surface area contributed by atoms with Crippen LogP contribution in [0.3, 0.4) is 0 Å². The number of hydrogen-bond acceptors (Lipinski definition) is 5. The molecule has 0 aliphatic rings. The van der Waals surface area contributed by atoms with Crippen LogP contribution in [-0.2, 0) is 25.9 Å². The van der Waals surface area contributed by atoms with Crippen molar-refractivity contribution in [3.05, 3.63) is 0 Å². The highest BCUT2D eigenvalue weighted by Crippen LogP contribution is 2.50. The van der Waals surface area contributed by atoms with Crippen molar-refractivity contribution in [3.8, 4) is 0 Å². The molecule has 0 bridgehead atoms. The normalized spacial score (nSPS) is 16.1. The second kappa shape index (κ2) is 11.0. The molecule has 0 saturated carbocycles. The Balaban J connectivity index is 4.35. The van der Waals surface area contributed by atoms with Gasteiger partial charge in [0.15, 0.2) is 0 Å². The highest BCUT2D eigenvalue weighted by atomic mass is 32.4. The van der Waals surface area contributed by atoms with E-state index in [0.29, 0.717) is 42.6 Å². The Labute approximate surface area is 138 Å². The number of aliphatic carboxylic acids is 1. The van der Waals surface area contributed by atoms with Gasteiger partial charge in [-0.25, -0.2) is 0 Å². The Morgan fingerprint density at radius 3 is 2.24 bits per heavy atom. The maximum Gasteiger partial charge on any atom is 0.307 e. The van der Waals surface area contributed by atoms with Crippen LogP contribution in [0.15, 0.2) is 0 Å². The minimum atomic E-state index is -2.03. The molecule has 4 nitrogen and oxygen atoms in total. The summed E-state index contributed by atoms with van der Waals surface area (Å²) in [6, 6.07) is 0. The quantitative estimate of drug-likeness (QED) is 0.532. The highest BCUT2D eigenvalue weighted by molar-refractivity contribution is 8.19. The van der Waals surface area contributed by atoms with E-state index in [-0.39, 0.29) is 5.92 Å². The van der Waals surface area contributed by atoms with Gasteiger partial charge in [-0.05, 0) is 11.8 Å². The molecule has 0 fully saturated rings. The Hall–Kier alpha value is 0.390. The second-order valence-electron chi connectivity index (χ2n) is 6.14. The zero-order valence-corrected chi connectivity index (χ0v) is 16.2. The van der Waals surface area contributed by atoms with Gasteiger partial charge < -0.3 is 14.4 Å². The molecule has 0 heterocycles. The zero-order chi connectivity index (χ0) is 16.5. The lowest BCUT2D eigenvalue weighted by molar-refractivity contribution is -0.140. The molecule has 1 N–H and O–H groups in total. The van der Waals surface area contributed by atoms with Crippen LogP contribution in [0.25, 0.3) is 0 Å². The van der Waals surface area contributed by atoms with Gasteiger partial charge in [0, 0.05) is 17.9 Å². The molecule has 0 amide bonds. The first-order valence-electron chi connectivity index (χ1n) is 7.27. The third-order valence-corrected chi connectivity index (χ3v) is 8.28. The van der Waals surface area contributed by atoms with E-state index in [0.717, 1.165) is 0 Å². The van der Waals surface area contributed by atoms with Crippen molar-refractivity contribution in [2.24, 2.45) is 17.8 Å². The van der Waals surface area contributed by atoms with Crippen LogP contribution in [0.5, 0.6) is 0 Å². The van der Waals surface area contributed by atoms with Crippen LogP contribution < -0.4 is 0 Å². The summed E-state index contributed by atoms with van der Waals surface area (Å²) in [6.07, 6.45) is -1.56. The number of hydrogen-bond donors (Lipinski definition) is 1. The molecule has 0 radical (unpaired) electrons. The van der Waals surface area contributed by atoms with E-state index in [9.17, 15) is 4.79 Å². The van der Waals surface area contributed by atoms with Crippen molar-refractivity contribution < 1.29 is 19.2 Å². The average molecular weight is 356 g/mol. The largest absolute Gasteiger partial charge is 0.481 e. The van der Waals surface area contributed by atoms with Gasteiger partial charge in [0.05, 0.1) is 18.9 Å². The van der Waals surface area contributed by atoms with Gasteiger partial charge in [0.25, 0.3) is 0 Å². The molecule has 0 aromatic carbocycles.